The number of aromatic nitrogens is 2. The van der Waals surface area contributed by atoms with Crippen LogP contribution in [-0.4, -0.2) is 22.6 Å². The van der Waals surface area contributed by atoms with Gasteiger partial charge in [0.05, 0.1) is 5.69 Å². The van der Waals surface area contributed by atoms with Gasteiger partial charge in [-0.1, -0.05) is 13.3 Å². The third-order valence-corrected chi connectivity index (χ3v) is 3.93. The average molecular weight is 249 g/mol. The molecule has 102 valence electrons. The highest BCUT2D eigenvalue weighted by Gasteiger charge is 2.20. The Morgan fingerprint density at radius 2 is 2.11 bits per heavy atom. The number of rotatable bonds is 6. The zero-order valence-electron chi connectivity index (χ0n) is 12.1. The summed E-state index contributed by atoms with van der Waals surface area (Å²) in [5.74, 6) is 1.20. The number of fused-ring (bicyclic) bond motifs is 1. The standard InChI is InChI=1S/C15H27N3/c1-4-5-10-16-11-12(2)18-13(3)17-14-8-6-7-9-15(14)18/h12,16H,4-11H2,1-3H3. The van der Waals surface area contributed by atoms with Crippen LogP contribution in [0.25, 0.3) is 0 Å². The fourth-order valence-corrected chi connectivity index (χ4v) is 2.99. The van der Waals surface area contributed by atoms with Crippen molar-refractivity contribution in [1.29, 1.82) is 0 Å². The lowest BCUT2D eigenvalue weighted by molar-refractivity contribution is 0.462. The van der Waals surface area contributed by atoms with Crippen LogP contribution < -0.4 is 5.32 Å². The van der Waals surface area contributed by atoms with Gasteiger partial charge in [-0.3, -0.25) is 0 Å². The lowest BCUT2D eigenvalue weighted by Gasteiger charge is -2.21. The SMILES string of the molecule is CCCCNCC(C)n1c(C)nc2c1CCCC2. The molecule has 0 amide bonds. The molecule has 0 saturated heterocycles. The largest absolute Gasteiger partial charge is 0.328 e. The van der Waals surface area contributed by atoms with E-state index in [-0.39, 0.29) is 0 Å². The monoisotopic (exact) mass is 249 g/mol. The fraction of sp³-hybridized carbons (Fsp3) is 0.800. The second-order valence-corrected chi connectivity index (χ2v) is 5.54. The lowest BCUT2D eigenvalue weighted by atomic mass is 10.0. The molecular formula is C15H27N3. The Bertz CT molecular complexity index is 381. The minimum absolute atomic E-state index is 0.524. The third-order valence-electron chi connectivity index (χ3n) is 3.93. The van der Waals surface area contributed by atoms with Crippen LogP contribution in [0.5, 0.6) is 0 Å². The molecule has 1 aromatic heterocycles. The molecule has 3 nitrogen and oxygen atoms in total. The van der Waals surface area contributed by atoms with Crippen molar-refractivity contribution < 1.29 is 0 Å². The van der Waals surface area contributed by atoms with Crippen LogP contribution in [0.1, 0.15) is 62.8 Å². The molecule has 0 bridgehead atoms. The normalized spacial score (nSPS) is 16.6. The summed E-state index contributed by atoms with van der Waals surface area (Å²) in [5, 5.41) is 3.56. The smallest absolute Gasteiger partial charge is 0.106 e. The van der Waals surface area contributed by atoms with E-state index in [1.165, 1.54) is 55.7 Å². The molecular weight excluding hydrogens is 222 g/mol. The molecule has 1 aromatic rings. The number of aryl methyl sites for hydroxylation is 2. The molecule has 3 heteroatoms. The fourth-order valence-electron chi connectivity index (χ4n) is 2.99. The minimum atomic E-state index is 0.524. The molecule has 0 saturated carbocycles. The first-order valence-electron chi connectivity index (χ1n) is 7.51. The van der Waals surface area contributed by atoms with E-state index >= 15 is 0 Å². The maximum absolute atomic E-state index is 4.75. The van der Waals surface area contributed by atoms with E-state index in [2.05, 4.69) is 30.7 Å². The highest BCUT2D eigenvalue weighted by Crippen LogP contribution is 2.25. The molecule has 0 fully saturated rings. The predicted octanol–water partition coefficient (Wildman–Crippen LogP) is 3.02. The summed E-state index contributed by atoms with van der Waals surface area (Å²) in [4.78, 5) is 4.75. The topological polar surface area (TPSA) is 29.9 Å². The first-order chi connectivity index (χ1) is 8.74. The average Bonchev–Trinajstić information content (AvgIpc) is 2.70. The van der Waals surface area contributed by atoms with Crippen molar-refractivity contribution in [1.82, 2.24) is 14.9 Å². The Labute approximate surface area is 111 Å². The Hall–Kier alpha value is -0.830. The van der Waals surface area contributed by atoms with Gasteiger partial charge in [0.1, 0.15) is 5.82 Å². The van der Waals surface area contributed by atoms with Gasteiger partial charge in [-0.2, -0.15) is 0 Å². The van der Waals surface area contributed by atoms with Crippen LogP contribution >= 0.6 is 0 Å². The second kappa shape index (κ2) is 6.37. The number of hydrogen-bond donors (Lipinski definition) is 1. The summed E-state index contributed by atoms with van der Waals surface area (Å²) in [6.07, 6.45) is 7.57. The van der Waals surface area contributed by atoms with E-state index in [1.54, 1.807) is 0 Å². The molecule has 1 N–H and O–H groups in total. The molecule has 18 heavy (non-hydrogen) atoms. The van der Waals surface area contributed by atoms with Crippen LogP contribution in [-0.2, 0) is 12.8 Å². The zero-order valence-corrected chi connectivity index (χ0v) is 12.1. The van der Waals surface area contributed by atoms with E-state index in [4.69, 9.17) is 4.98 Å². The van der Waals surface area contributed by atoms with Crippen LogP contribution in [0.2, 0.25) is 0 Å². The highest BCUT2D eigenvalue weighted by molar-refractivity contribution is 5.20. The van der Waals surface area contributed by atoms with Crippen molar-refractivity contribution in [3.8, 4) is 0 Å². The second-order valence-electron chi connectivity index (χ2n) is 5.54. The Morgan fingerprint density at radius 3 is 2.89 bits per heavy atom. The van der Waals surface area contributed by atoms with Gasteiger partial charge in [-0.25, -0.2) is 4.98 Å². The van der Waals surface area contributed by atoms with Crippen LogP contribution in [0.3, 0.4) is 0 Å². The molecule has 1 aliphatic carbocycles. The van der Waals surface area contributed by atoms with Gasteiger partial charge in [0.2, 0.25) is 0 Å². The van der Waals surface area contributed by atoms with Gasteiger partial charge in [0.15, 0.2) is 0 Å². The Kier molecular flexibility index (Phi) is 4.81. The zero-order chi connectivity index (χ0) is 13.0. The molecule has 1 heterocycles. The Balaban J connectivity index is 2.00. The number of imidazole rings is 1. The van der Waals surface area contributed by atoms with Crippen LogP contribution in [0.15, 0.2) is 0 Å². The molecule has 1 unspecified atom stereocenters. The molecule has 1 aliphatic rings. The molecule has 2 rings (SSSR count). The summed E-state index contributed by atoms with van der Waals surface area (Å²) in [5.41, 5.74) is 2.86. The first kappa shape index (κ1) is 13.6. The van der Waals surface area contributed by atoms with Gasteiger partial charge < -0.3 is 9.88 Å². The molecule has 0 spiro atoms. The van der Waals surface area contributed by atoms with Gasteiger partial charge in [-0.15, -0.1) is 0 Å². The van der Waals surface area contributed by atoms with E-state index in [0.29, 0.717) is 6.04 Å². The molecule has 0 aromatic carbocycles. The predicted molar refractivity (Wildman–Crippen MR) is 76.1 cm³/mol. The first-order valence-corrected chi connectivity index (χ1v) is 7.51. The van der Waals surface area contributed by atoms with E-state index in [9.17, 15) is 0 Å². The van der Waals surface area contributed by atoms with E-state index < -0.39 is 0 Å². The minimum Gasteiger partial charge on any atom is -0.328 e. The van der Waals surface area contributed by atoms with Crippen molar-refractivity contribution in [3.63, 3.8) is 0 Å². The van der Waals surface area contributed by atoms with E-state index in [0.717, 1.165) is 13.1 Å². The van der Waals surface area contributed by atoms with Crippen LogP contribution in [0.4, 0.5) is 0 Å². The number of hydrogen-bond acceptors (Lipinski definition) is 2. The van der Waals surface area contributed by atoms with Crippen molar-refractivity contribution in [2.24, 2.45) is 0 Å². The van der Waals surface area contributed by atoms with Crippen molar-refractivity contribution in [2.45, 2.75) is 65.3 Å². The van der Waals surface area contributed by atoms with Gasteiger partial charge >= 0.3 is 0 Å². The number of unbranched alkanes of at least 4 members (excludes halogenated alkanes) is 1. The molecule has 1 atom stereocenters. The summed E-state index contributed by atoms with van der Waals surface area (Å²) >= 11 is 0. The lowest BCUT2D eigenvalue weighted by Crippen LogP contribution is -2.26. The maximum Gasteiger partial charge on any atom is 0.106 e. The Morgan fingerprint density at radius 1 is 1.33 bits per heavy atom. The molecule has 0 aliphatic heterocycles. The molecule has 0 radical (unpaired) electrons. The maximum atomic E-state index is 4.75. The van der Waals surface area contributed by atoms with Crippen molar-refractivity contribution >= 4 is 0 Å². The van der Waals surface area contributed by atoms with Crippen molar-refractivity contribution in [2.75, 3.05) is 13.1 Å². The van der Waals surface area contributed by atoms with Crippen molar-refractivity contribution in [3.05, 3.63) is 17.2 Å². The number of nitrogens with one attached hydrogen (secondary N) is 1. The summed E-state index contributed by atoms with van der Waals surface area (Å²) in [6.45, 7) is 8.89. The van der Waals surface area contributed by atoms with Gasteiger partial charge in [0, 0.05) is 18.3 Å². The van der Waals surface area contributed by atoms with Crippen LogP contribution in [0, 0.1) is 6.92 Å². The highest BCUT2D eigenvalue weighted by atomic mass is 15.1. The number of nitrogens with zero attached hydrogens (tertiary/aromatic N) is 2. The summed E-state index contributed by atoms with van der Waals surface area (Å²) in [7, 11) is 0. The van der Waals surface area contributed by atoms with E-state index in [1.807, 2.05) is 0 Å². The third kappa shape index (κ3) is 2.94. The summed E-state index contributed by atoms with van der Waals surface area (Å²) < 4.78 is 2.47. The van der Waals surface area contributed by atoms with Gasteiger partial charge in [-0.05, 0) is 52.5 Å². The summed E-state index contributed by atoms with van der Waals surface area (Å²) in [6, 6.07) is 0.524. The van der Waals surface area contributed by atoms with Gasteiger partial charge in [0.25, 0.3) is 0 Å². The quantitative estimate of drug-likeness (QED) is 0.785.